The van der Waals surface area contributed by atoms with E-state index >= 15 is 0 Å². The lowest BCUT2D eigenvalue weighted by molar-refractivity contribution is -0.147. The molecule has 1 heterocycles. The van der Waals surface area contributed by atoms with Crippen molar-refractivity contribution in [1.29, 1.82) is 0 Å². The molecule has 1 aliphatic rings. The standard InChI is InChI=1S/C9H11NO3/c1-3-7-4-8(11)10(5-7)6(2)9(12)13/h1,6-7H,4-5H2,2H3,(H,12,13). The predicted octanol–water partition coefficient (Wildman–Crippen LogP) is -0.0588. The number of hydrogen-bond donors (Lipinski definition) is 1. The average Bonchev–Trinajstić information content (AvgIpc) is 2.45. The quantitative estimate of drug-likeness (QED) is 0.607. The van der Waals surface area contributed by atoms with Gasteiger partial charge in [-0.2, -0.15) is 0 Å². The van der Waals surface area contributed by atoms with Crippen LogP contribution >= 0.6 is 0 Å². The number of nitrogens with zero attached hydrogens (tertiary/aromatic N) is 1. The molecule has 4 nitrogen and oxygen atoms in total. The summed E-state index contributed by atoms with van der Waals surface area (Å²) in [6.45, 7) is 1.85. The van der Waals surface area contributed by atoms with Crippen molar-refractivity contribution in [2.75, 3.05) is 6.54 Å². The van der Waals surface area contributed by atoms with Crippen LogP contribution in [0.5, 0.6) is 0 Å². The molecule has 1 rings (SSSR count). The van der Waals surface area contributed by atoms with E-state index in [-0.39, 0.29) is 18.2 Å². The van der Waals surface area contributed by atoms with E-state index in [0.29, 0.717) is 6.54 Å². The van der Waals surface area contributed by atoms with E-state index in [1.165, 1.54) is 11.8 Å². The van der Waals surface area contributed by atoms with Gasteiger partial charge in [-0.1, -0.05) is 0 Å². The summed E-state index contributed by atoms with van der Waals surface area (Å²) in [7, 11) is 0. The summed E-state index contributed by atoms with van der Waals surface area (Å²) in [4.78, 5) is 23.2. The van der Waals surface area contributed by atoms with Crippen LogP contribution in [0, 0.1) is 18.3 Å². The van der Waals surface area contributed by atoms with Gasteiger partial charge in [0.05, 0.1) is 0 Å². The van der Waals surface area contributed by atoms with Crippen LogP contribution < -0.4 is 0 Å². The lowest BCUT2D eigenvalue weighted by Gasteiger charge is -2.20. The van der Waals surface area contributed by atoms with Gasteiger partial charge in [-0.05, 0) is 6.92 Å². The van der Waals surface area contributed by atoms with Crippen molar-refractivity contribution in [1.82, 2.24) is 4.90 Å². The number of hydrogen-bond acceptors (Lipinski definition) is 2. The maximum atomic E-state index is 11.3. The lowest BCUT2D eigenvalue weighted by atomic mass is 10.1. The van der Waals surface area contributed by atoms with E-state index in [1.54, 1.807) is 0 Å². The molecule has 0 radical (unpaired) electrons. The third-order valence-corrected chi connectivity index (χ3v) is 2.22. The van der Waals surface area contributed by atoms with Crippen LogP contribution in [0.3, 0.4) is 0 Å². The first kappa shape index (κ1) is 9.59. The molecule has 0 saturated carbocycles. The van der Waals surface area contributed by atoms with E-state index in [9.17, 15) is 9.59 Å². The van der Waals surface area contributed by atoms with Gasteiger partial charge in [-0.25, -0.2) is 4.79 Å². The van der Waals surface area contributed by atoms with Crippen LogP contribution in [0.25, 0.3) is 0 Å². The summed E-state index contributed by atoms with van der Waals surface area (Å²) in [6, 6.07) is -0.772. The van der Waals surface area contributed by atoms with Crippen molar-refractivity contribution in [2.24, 2.45) is 5.92 Å². The summed E-state index contributed by atoms with van der Waals surface area (Å²) in [5, 5.41) is 8.67. The van der Waals surface area contributed by atoms with Crippen LogP contribution in [0.15, 0.2) is 0 Å². The number of carbonyl (C=O) groups excluding carboxylic acids is 1. The average molecular weight is 181 g/mol. The van der Waals surface area contributed by atoms with Gasteiger partial charge in [0.1, 0.15) is 6.04 Å². The molecule has 0 aromatic heterocycles. The maximum Gasteiger partial charge on any atom is 0.326 e. The van der Waals surface area contributed by atoms with Gasteiger partial charge in [-0.15, -0.1) is 12.3 Å². The Kier molecular flexibility index (Phi) is 2.57. The Labute approximate surface area is 76.5 Å². The molecule has 1 amide bonds. The molecule has 1 aliphatic heterocycles. The number of rotatable bonds is 2. The highest BCUT2D eigenvalue weighted by atomic mass is 16.4. The van der Waals surface area contributed by atoms with Gasteiger partial charge in [-0.3, -0.25) is 4.79 Å². The highest BCUT2D eigenvalue weighted by Crippen LogP contribution is 2.19. The number of carboxylic acid groups (broad SMARTS) is 1. The minimum Gasteiger partial charge on any atom is -0.480 e. The molecular formula is C9H11NO3. The van der Waals surface area contributed by atoms with Gasteiger partial charge in [0.25, 0.3) is 0 Å². The molecule has 0 aromatic rings. The van der Waals surface area contributed by atoms with E-state index in [1.807, 2.05) is 0 Å². The van der Waals surface area contributed by atoms with Crippen LogP contribution in [-0.4, -0.2) is 34.5 Å². The van der Waals surface area contributed by atoms with E-state index in [2.05, 4.69) is 5.92 Å². The molecule has 13 heavy (non-hydrogen) atoms. The molecule has 1 saturated heterocycles. The minimum atomic E-state index is -0.994. The third-order valence-electron chi connectivity index (χ3n) is 2.22. The first-order chi connectivity index (χ1) is 6.06. The van der Waals surface area contributed by atoms with Crippen molar-refractivity contribution in [3.63, 3.8) is 0 Å². The van der Waals surface area contributed by atoms with Gasteiger partial charge < -0.3 is 10.0 Å². The summed E-state index contributed by atoms with van der Waals surface area (Å²) < 4.78 is 0. The van der Waals surface area contributed by atoms with E-state index in [0.717, 1.165) is 0 Å². The normalized spacial score (nSPS) is 24.2. The van der Waals surface area contributed by atoms with E-state index < -0.39 is 12.0 Å². The molecule has 70 valence electrons. The van der Waals surface area contributed by atoms with Crippen molar-refractivity contribution < 1.29 is 14.7 Å². The number of terminal acetylenes is 1. The van der Waals surface area contributed by atoms with Crippen LogP contribution in [0.2, 0.25) is 0 Å². The molecule has 1 N–H and O–H groups in total. The summed E-state index contributed by atoms with van der Waals surface area (Å²) in [6.07, 6.45) is 5.43. The number of amides is 1. The Balaban J connectivity index is 2.68. The Bertz CT molecular complexity index is 279. The van der Waals surface area contributed by atoms with Crippen molar-refractivity contribution >= 4 is 11.9 Å². The number of likely N-dealkylation sites (tertiary alicyclic amines) is 1. The largest absolute Gasteiger partial charge is 0.480 e. The van der Waals surface area contributed by atoms with Gasteiger partial charge in [0, 0.05) is 18.9 Å². The number of aliphatic carboxylic acids is 1. The first-order valence-corrected chi connectivity index (χ1v) is 4.04. The molecule has 0 aliphatic carbocycles. The third kappa shape index (κ3) is 1.81. The van der Waals surface area contributed by atoms with Crippen molar-refractivity contribution in [2.45, 2.75) is 19.4 Å². The Morgan fingerprint density at radius 2 is 2.46 bits per heavy atom. The fourth-order valence-electron chi connectivity index (χ4n) is 1.35. The number of carboxylic acids is 1. The Morgan fingerprint density at radius 1 is 1.85 bits per heavy atom. The summed E-state index contributed by atoms with van der Waals surface area (Å²) >= 11 is 0. The summed E-state index contributed by atoms with van der Waals surface area (Å²) in [5.74, 6) is 1.17. The smallest absolute Gasteiger partial charge is 0.326 e. The van der Waals surface area contributed by atoms with Crippen molar-refractivity contribution in [3.8, 4) is 12.3 Å². The lowest BCUT2D eigenvalue weighted by Crippen LogP contribution is -2.39. The highest BCUT2D eigenvalue weighted by Gasteiger charge is 2.34. The second-order valence-corrected chi connectivity index (χ2v) is 3.13. The van der Waals surface area contributed by atoms with Crippen LogP contribution in [-0.2, 0) is 9.59 Å². The molecule has 0 aromatic carbocycles. The first-order valence-electron chi connectivity index (χ1n) is 4.04. The van der Waals surface area contributed by atoms with Gasteiger partial charge >= 0.3 is 5.97 Å². The van der Waals surface area contributed by atoms with Gasteiger partial charge in [0.15, 0.2) is 0 Å². The number of carbonyl (C=O) groups is 2. The molecule has 1 fully saturated rings. The topological polar surface area (TPSA) is 57.6 Å². The van der Waals surface area contributed by atoms with Crippen molar-refractivity contribution in [3.05, 3.63) is 0 Å². The molecule has 2 unspecified atom stereocenters. The highest BCUT2D eigenvalue weighted by molar-refractivity contribution is 5.85. The zero-order valence-corrected chi connectivity index (χ0v) is 7.36. The summed E-state index contributed by atoms with van der Waals surface area (Å²) in [5.41, 5.74) is 0. The van der Waals surface area contributed by atoms with Crippen LogP contribution in [0.1, 0.15) is 13.3 Å². The maximum absolute atomic E-state index is 11.3. The Morgan fingerprint density at radius 3 is 2.85 bits per heavy atom. The molecule has 0 spiro atoms. The zero-order chi connectivity index (χ0) is 10.0. The monoisotopic (exact) mass is 181 g/mol. The van der Waals surface area contributed by atoms with Crippen LogP contribution in [0.4, 0.5) is 0 Å². The minimum absolute atomic E-state index is 0.130. The van der Waals surface area contributed by atoms with Gasteiger partial charge in [0.2, 0.25) is 5.91 Å². The van der Waals surface area contributed by atoms with E-state index in [4.69, 9.17) is 11.5 Å². The fourth-order valence-corrected chi connectivity index (χ4v) is 1.35. The molecule has 0 bridgehead atoms. The molecule has 2 atom stereocenters. The Hall–Kier alpha value is -1.50. The zero-order valence-electron chi connectivity index (χ0n) is 7.36. The molecule has 4 heteroatoms. The molecular weight excluding hydrogens is 170 g/mol. The second kappa shape index (κ2) is 3.48. The predicted molar refractivity (Wildman–Crippen MR) is 45.8 cm³/mol. The second-order valence-electron chi connectivity index (χ2n) is 3.13. The SMILES string of the molecule is C#CC1CC(=O)N(C(C)C(=O)O)C1. The fraction of sp³-hybridized carbons (Fsp3) is 0.556.